The van der Waals surface area contributed by atoms with Gasteiger partial charge in [0.05, 0.1) is 24.0 Å². The molecule has 2 saturated carbocycles. The van der Waals surface area contributed by atoms with E-state index in [1.807, 2.05) is 36.4 Å². The van der Waals surface area contributed by atoms with Crippen molar-refractivity contribution in [2.45, 2.75) is 81.8 Å². The van der Waals surface area contributed by atoms with Gasteiger partial charge in [0.15, 0.2) is 5.79 Å². The second-order valence-corrected chi connectivity index (χ2v) is 12.1. The first-order valence-corrected chi connectivity index (χ1v) is 14.8. The molecule has 2 aromatic carbocycles. The molecule has 0 N–H and O–H groups in total. The van der Waals surface area contributed by atoms with E-state index in [1.54, 1.807) is 0 Å². The van der Waals surface area contributed by atoms with Gasteiger partial charge in [0, 0.05) is 35.7 Å². The summed E-state index contributed by atoms with van der Waals surface area (Å²) in [5.74, 6) is 0.109. The smallest absolute Gasteiger partial charge is 0.224 e. The molecule has 1 aliphatic heterocycles. The Morgan fingerprint density at radius 1 is 0.732 bits per heavy atom. The summed E-state index contributed by atoms with van der Waals surface area (Å²) in [6.45, 7) is 19.8. The molecule has 218 valence electrons. The second-order valence-electron chi connectivity index (χ2n) is 11.3. The largest absolute Gasteiger partial charge is 0.348 e. The molecule has 1 spiro atoms. The molecule has 3 fully saturated rings. The van der Waals surface area contributed by atoms with Crippen molar-refractivity contribution in [1.82, 2.24) is 0 Å². The summed E-state index contributed by atoms with van der Waals surface area (Å²) in [6, 6.07) is 15.6. The highest BCUT2D eigenvalue weighted by molar-refractivity contribution is 6.30. The van der Waals surface area contributed by atoms with Gasteiger partial charge in [-0.05, 0) is 74.9 Å². The summed E-state index contributed by atoms with van der Waals surface area (Å²) in [7, 11) is 0. The van der Waals surface area contributed by atoms with Gasteiger partial charge in [0.2, 0.25) is 13.1 Å². The van der Waals surface area contributed by atoms with Crippen LogP contribution in [0.5, 0.6) is 0 Å². The number of rotatable bonds is 4. The molecule has 1 heterocycles. The van der Waals surface area contributed by atoms with Crippen LogP contribution in [-0.4, -0.2) is 43.7 Å². The van der Waals surface area contributed by atoms with Gasteiger partial charge in [-0.1, -0.05) is 47.5 Å². The molecule has 1 saturated heterocycles. The Kier molecular flexibility index (Phi) is 11.9. The minimum atomic E-state index is -0.377. The molecule has 3 aliphatic rings. The summed E-state index contributed by atoms with van der Waals surface area (Å²) in [6.07, 6.45) is 6.35. The Morgan fingerprint density at radius 2 is 1.10 bits per heavy atom. The van der Waals surface area contributed by atoms with Crippen molar-refractivity contribution in [2.24, 2.45) is 0 Å². The molecule has 0 atom stereocenters. The Hall–Kier alpha value is -2.74. The van der Waals surface area contributed by atoms with Crippen LogP contribution in [0.3, 0.4) is 0 Å². The van der Waals surface area contributed by atoms with Crippen molar-refractivity contribution in [3.63, 3.8) is 0 Å². The van der Waals surface area contributed by atoms with Crippen LogP contribution in [-0.2, 0) is 29.9 Å². The summed E-state index contributed by atoms with van der Waals surface area (Å²) in [4.78, 5) is 28.0. The predicted octanol–water partition coefficient (Wildman–Crippen LogP) is 8.05. The van der Waals surface area contributed by atoms with Gasteiger partial charge in [-0.2, -0.15) is 0 Å². The van der Waals surface area contributed by atoms with Crippen molar-refractivity contribution in [3.8, 4) is 0 Å². The Labute approximate surface area is 254 Å². The van der Waals surface area contributed by atoms with E-state index < -0.39 is 0 Å². The third-order valence-electron chi connectivity index (χ3n) is 8.22. The number of halogens is 2. The normalized spacial score (nSPS) is 19.9. The van der Waals surface area contributed by atoms with Crippen LogP contribution in [0.25, 0.3) is 9.69 Å². The van der Waals surface area contributed by atoms with Gasteiger partial charge in [0.25, 0.3) is 0 Å². The molecule has 41 heavy (non-hydrogen) atoms. The third-order valence-corrected chi connectivity index (χ3v) is 8.73. The first kappa shape index (κ1) is 32.8. The lowest BCUT2D eigenvalue weighted by atomic mass is 9.68. The zero-order valence-corrected chi connectivity index (χ0v) is 25.4. The molecular weight excluding hydrogens is 559 g/mol. The van der Waals surface area contributed by atoms with E-state index in [4.69, 9.17) is 45.8 Å². The van der Waals surface area contributed by atoms with Crippen LogP contribution in [0.4, 0.5) is 0 Å². The van der Waals surface area contributed by atoms with Gasteiger partial charge in [0.1, 0.15) is 11.6 Å². The van der Waals surface area contributed by atoms with Crippen LogP contribution in [0, 0.1) is 13.1 Å². The molecule has 2 aromatic rings. The number of Topliss-reactive ketones (excluding diaryl/α,β-unsaturated/α-hetero) is 2. The maximum absolute atomic E-state index is 11.3. The average molecular weight is 598 g/mol. The zero-order chi connectivity index (χ0) is 29.9. The predicted molar refractivity (Wildman–Crippen MR) is 162 cm³/mol. The number of ether oxygens (including phenoxy) is 2. The molecule has 0 radical (unpaired) electrons. The molecule has 0 amide bonds. The third kappa shape index (κ3) is 8.87. The van der Waals surface area contributed by atoms with Crippen molar-refractivity contribution >= 4 is 34.8 Å². The lowest BCUT2D eigenvalue weighted by Crippen LogP contribution is -2.43. The highest BCUT2D eigenvalue weighted by Gasteiger charge is 2.48. The fourth-order valence-electron chi connectivity index (χ4n) is 5.89. The van der Waals surface area contributed by atoms with E-state index in [0.717, 1.165) is 49.1 Å². The zero-order valence-electron chi connectivity index (χ0n) is 23.9. The van der Waals surface area contributed by atoms with Crippen LogP contribution < -0.4 is 0 Å². The van der Waals surface area contributed by atoms with E-state index >= 15 is 0 Å². The number of nitrogens with zero attached hydrogens (tertiary/aromatic N) is 2. The van der Waals surface area contributed by atoms with Gasteiger partial charge in [-0.15, -0.1) is 0 Å². The number of hydrogen-bond donors (Lipinski definition) is 0. The standard InChI is InChI=1S/C16H18ClNO2.C14H14ClNO.C3H6O/c1-18-12-15(13-2-4-14(17)5-3-13)6-8-16(9-7-15)19-10-11-20-16;1-16-10-14(8-6-13(17)7-9-14)11-2-4-12(15)5-3-11;1-3(2)4/h2-5H,6-12H2;2-5H,6-10H2;1-2H3. The number of carbonyl (C=O) groups is 2. The Morgan fingerprint density at radius 3 is 1.46 bits per heavy atom. The van der Waals surface area contributed by atoms with E-state index in [1.165, 1.54) is 19.4 Å². The molecule has 5 rings (SSSR count). The number of hydrogen-bond acceptors (Lipinski definition) is 4. The fourth-order valence-corrected chi connectivity index (χ4v) is 6.14. The minimum Gasteiger partial charge on any atom is -0.348 e. The van der Waals surface area contributed by atoms with E-state index in [9.17, 15) is 9.59 Å². The maximum atomic E-state index is 11.3. The van der Waals surface area contributed by atoms with Crippen LogP contribution in [0.15, 0.2) is 48.5 Å². The second kappa shape index (κ2) is 14.9. The highest BCUT2D eigenvalue weighted by atomic mass is 35.5. The first-order valence-electron chi connectivity index (χ1n) is 14.0. The molecule has 0 bridgehead atoms. The first-order chi connectivity index (χ1) is 19.6. The van der Waals surface area contributed by atoms with Crippen molar-refractivity contribution in [3.05, 3.63) is 92.5 Å². The monoisotopic (exact) mass is 596 g/mol. The van der Waals surface area contributed by atoms with Crippen molar-refractivity contribution in [1.29, 1.82) is 0 Å². The topological polar surface area (TPSA) is 61.3 Å². The van der Waals surface area contributed by atoms with E-state index in [0.29, 0.717) is 50.0 Å². The fraction of sp³-hybridized carbons (Fsp3) is 0.515. The Balaban J connectivity index is 0.000000202. The van der Waals surface area contributed by atoms with Gasteiger partial charge in [-0.25, -0.2) is 13.1 Å². The Bertz CT molecular complexity index is 1230. The molecule has 6 nitrogen and oxygen atoms in total. The quantitative estimate of drug-likeness (QED) is 0.335. The van der Waals surface area contributed by atoms with Crippen LogP contribution in [0.1, 0.15) is 76.3 Å². The number of carbonyl (C=O) groups excluding carboxylic acids is 2. The summed E-state index contributed by atoms with van der Waals surface area (Å²) in [5, 5.41) is 1.44. The van der Waals surface area contributed by atoms with Crippen molar-refractivity contribution in [2.75, 3.05) is 26.3 Å². The molecule has 8 heteroatoms. The maximum Gasteiger partial charge on any atom is 0.224 e. The number of benzene rings is 2. The summed E-state index contributed by atoms with van der Waals surface area (Å²) in [5.41, 5.74) is 2.14. The number of ketones is 2. The molecule has 0 unspecified atom stereocenters. The lowest BCUT2D eigenvalue weighted by Gasteiger charge is -2.41. The van der Waals surface area contributed by atoms with Crippen LogP contribution >= 0.6 is 23.2 Å². The van der Waals surface area contributed by atoms with E-state index in [2.05, 4.69) is 21.8 Å². The van der Waals surface area contributed by atoms with Crippen LogP contribution in [0.2, 0.25) is 10.0 Å². The van der Waals surface area contributed by atoms with Gasteiger partial charge in [-0.3, -0.25) is 4.79 Å². The molecule has 2 aliphatic carbocycles. The molecular formula is C33H38Cl2N2O4. The average Bonchev–Trinajstić information content (AvgIpc) is 3.41. The molecule has 0 aromatic heterocycles. The van der Waals surface area contributed by atoms with Gasteiger partial charge < -0.3 is 24.0 Å². The summed E-state index contributed by atoms with van der Waals surface area (Å²) < 4.78 is 11.6. The highest BCUT2D eigenvalue weighted by Crippen LogP contribution is 2.47. The minimum absolute atomic E-state index is 0.0765. The SMILES string of the molecule is CC(C)=O.[C-]#[N+]CC1(c2ccc(Cl)cc2)CCC(=O)CC1.[C-]#[N+]CC1(c2ccc(Cl)cc2)CCC2(CC1)OCCO2. The van der Waals surface area contributed by atoms with Crippen molar-refractivity contribution < 1.29 is 19.1 Å². The summed E-state index contributed by atoms with van der Waals surface area (Å²) >= 11 is 11.9. The van der Waals surface area contributed by atoms with Gasteiger partial charge >= 0.3 is 0 Å². The van der Waals surface area contributed by atoms with E-state index in [-0.39, 0.29) is 22.4 Å². The lowest BCUT2D eigenvalue weighted by molar-refractivity contribution is -0.184.